The summed E-state index contributed by atoms with van der Waals surface area (Å²) in [4.78, 5) is 37.4. The maximum absolute atomic E-state index is 13.1. The zero-order valence-electron chi connectivity index (χ0n) is 15.5. The number of aryl methyl sites for hydroxylation is 1. The van der Waals surface area contributed by atoms with E-state index in [1.54, 1.807) is 6.07 Å². The number of nitrogens with two attached hydrogens (primary N) is 1. The van der Waals surface area contributed by atoms with E-state index in [0.29, 0.717) is 11.2 Å². The van der Waals surface area contributed by atoms with Crippen LogP contribution in [0.2, 0.25) is 0 Å². The standard InChI is InChI=1S/C20H20N6O2/c1-11-6-5-9-13(12(11)2)24-17(27)16-20(18(21)28,23-10-22-16)19-25-14-7-3-4-8-15(14)26-19/h3-9,23H,10H2,1-2H3,(H2,21,28)(H,24,27)(H,25,26). The number of imidazole rings is 1. The van der Waals surface area contributed by atoms with Crippen molar-refractivity contribution in [2.45, 2.75) is 19.4 Å². The number of hydrogen-bond donors (Lipinski definition) is 4. The highest BCUT2D eigenvalue weighted by molar-refractivity contribution is 6.50. The summed E-state index contributed by atoms with van der Waals surface area (Å²) in [6.45, 7) is 3.96. The minimum Gasteiger partial charge on any atom is -0.367 e. The van der Waals surface area contributed by atoms with Gasteiger partial charge in [0, 0.05) is 5.69 Å². The third-order valence-corrected chi connectivity index (χ3v) is 5.12. The lowest BCUT2D eigenvalue weighted by atomic mass is 9.91. The molecule has 2 heterocycles. The topological polar surface area (TPSA) is 125 Å². The second-order valence-electron chi connectivity index (χ2n) is 6.76. The van der Waals surface area contributed by atoms with Crippen LogP contribution in [0.1, 0.15) is 17.0 Å². The molecule has 1 aliphatic heterocycles. The summed E-state index contributed by atoms with van der Waals surface area (Å²) in [6.07, 6.45) is 0. The van der Waals surface area contributed by atoms with E-state index >= 15 is 0 Å². The second-order valence-corrected chi connectivity index (χ2v) is 6.76. The molecule has 8 nitrogen and oxygen atoms in total. The van der Waals surface area contributed by atoms with Crippen molar-refractivity contribution in [2.24, 2.45) is 10.7 Å². The zero-order chi connectivity index (χ0) is 19.9. The van der Waals surface area contributed by atoms with E-state index in [0.717, 1.165) is 16.6 Å². The van der Waals surface area contributed by atoms with Gasteiger partial charge in [-0.1, -0.05) is 24.3 Å². The highest BCUT2D eigenvalue weighted by Crippen LogP contribution is 2.28. The van der Waals surface area contributed by atoms with E-state index in [2.05, 4.69) is 25.6 Å². The number of aromatic amines is 1. The van der Waals surface area contributed by atoms with Gasteiger partial charge in [-0.25, -0.2) is 4.98 Å². The quantitative estimate of drug-likeness (QED) is 0.550. The number of nitrogens with zero attached hydrogens (tertiary/aromatic N) is 2. The summed E-state index contributed by atoms with van der Waals surface area (Å²) in [6, 6.07) is 13.0. The number of benzene rings is 2. The largest absolute Gasteiger partial charge is 0.367 e. The van der Waals surface area contributed by atoms with Crippen molar-refractivity contribution < 1.29 is 9.59 Å². The van der Waals surface area contributed by atoms with Crippen molar-refractivity contribution in [3.63, 3.8) is 0 Å². The van der Waals surface area contributed by atoms with Crippen LogP contribution in [0.15, 0.2) is 47.5 Å². The van der Waals surface area contributed by atoms with Gasteiger partial charge in [-0.3, -0.25) is 19.9 Å². The van der Waals surface area contributed by atoms with Gasteiger partial charge in [0.2, 0.25) is 5.54 Å². The summed E-state index contributed by atoms with van der Waals surface area (Å²) in [7, 11) is 0. The Morgan fingerprint density at radius 2 is 1.93 bits per heavy atom. The molecule has 0 spiro atoms. The lowest BCUT2D eigenvalue weighted by molar-refractivity contribution is -0.123. The van der Waals surface area contributed by atoms with Gasteiger partial charge in [-0.15, -0.1) is 0 Å². The first-order valence-corrected chi connectivity index (χ1v) is 8.86. The fourth-order valence-electron chi connectivity index (χ4n) is 3.40. The summed E-state index contributed by atoms with van der Waals surface area (Å²) >= 11 is 0. The number of nitrogens with one attached hydrogen (secondary N) is 3. The number of H-pyrrole nitrogens is 1. The number of para-hydroxylation sites is 2. The van der Waals surface area contributed by atoms with Crippen LogP contribution in [-0.4, -0.2) is 34.2 Å². The van der Waals surface area contributed by atoms with Gasteiger partial charge in [0.25, 0.3) is 11.8 Å². The summed E-state index contributed by atoms with van der Waals surface area (Å²) in [5.74, 6) is -1.01. The Balaban J connectivity index is 1.75. The number of carbonyl (C=O) groups is 2. The number of hydrogen-bond acceptors (Lipinski definition) is 5. The van der Waals surface area contributed by atoms with E-state index in [9.17, 15) is 9.59 Å². The molecule has 142 valence electrons. The third kappa shape index (κ3) is 2.66. The first-order chi connectivity index (χ1) is 13.4. The monoisotopic (exact) mass is 376 g/mol. The molecule has 0 bridgehead atoms. The fourth-order valence-corrected chi connectivity index (χ4v) is 3.40. The number of aromatic nitrogens is 2. The summed E-state index contributed by atoms with van der Waals surface area (Å²) in [5, 5.41) is 5.80. The zero-order valence-corrected chi connectivity index (χ0v) is 15.5. The molecule has 1 aliphatic rings. The molecule has 0 saturated heterocycles. The Kier molecular flexibility index (Phi) is 4.20. The lowest BCUT2D eigenvalue weighted by Crippen LogP contribution is -2.58. The molecule has 0 radical (unpaired) electrons. The fraction of sp³-hybridized carbons (Fsp3) is 0.200. The highest BCUT2D eigenvalue weighted by atomic mass is 16.2. The van der Waals surface area contributed by atoms with E-state index < -0.39 is 17.4 Å². The molecular formula is C20H20N6O2. The molecule has 0 aliphatic carbocycles. The minimum atomic E-state index is -1.62. The number of amides is 2. The number of anilines is 1. The first-order valence-electron chi connectivity index (χ1n) is 8.86. The molecule has 2 aromatic carbocycles. The van der Waals surface area contributed by atoms with Crippen LogP contribution < -0.4 is 16.4 Å². The Labute approximate surface area is 161 Å². The van der Waals surface area contributed by atoms with Crippen LogP contribution in [0.4, 0.5) is 5.69 Å². The van der Waals surface area contributed by atoms with Crippen molar-refractivity contribution in [1.29, 1.82) is 0 Å². The van der Waals surface area contributed by atoms with E-state index in [1.807, 2.05) is 50.2 Å². The first kappa shape index (κ1) is 17.9. The van der Waals surface area contributed by atoms with Gasteiger partial charge in [0.15, 0.2) is 0 Å². The second kappa shape index (κ2) is 6.58. The summed E-state index contributed by atoms with van der Waals surface area (Å²) in [5.41, 5.74) is 8.15. The number of aliphatic imine (C=N–C) groups is 1. The van der Waals surface area contributed by atoms with Gasteiger partial charge in [-0.05, 0) is 43.2 Å². The molecule has 2 amide bonds. The van der Waals surface area contributed by atoms with Crippen molar-refractivity contribution in [1.82, 2.24) is 15.3 Å². The van der Waals surface area contributed by atoms with Gasteiger partial charge in [0.05, 0.1) is 17.7 Å². The molecule has 3 aromatic rings. The van der Waals surface area contributed by atoms with Gasteiger partial charge in [-0.2, -0.15) is 0 Å². The number of rotatable bonds is 4. The Morgan fingerprint density at radius 3 is 2.68 bits per heavy atom. The molecule has 8 heteroatoms. The lowest BCUT2D eigenvalue weighted by Gasteiger charge is -2.25. The predicted molar refractivity (Wildman–Crippen MR) is 107 cm³/mol. The normalized spacial score (nSPS) is 18.9. The molecule has 0 fully saturated rings. The minimum absolute atomic E-state index is 0.0139. The van der Waals surface area contributed by atoms with Crippen LogP contribution in [0.25, 0.3) is 11.0 Å². The molecule has 1 unspecified atom stereocenters. The van der Waals surface area contributed by atoms with Crippen LogP contribution in [0.3, 0.4) is 0 Å². The number of fused-ring (bicyclic) bond motifs is 1. The van der Waals surface area contributed by atoms with Crippen LogP contribution in [-0.2, 0) is 15.1 Å². The Hall–Kier alpha value is -3.52. The molecule has 5 N–H and O–H groups in total. The molecular weight excluding hydrogens is 356 g/mol. The van der Waals surface area contributed by atoms with E-state index in [1.165, 1.54) is 0 Å². The van der Waals surface area contributed by atoms with Gasteiger partial charge in [0.1, 0.15) is 11.5 Å². The van der Waals surface area contributed by atoms with Crippen molar-refractivity contribution >= 4 is 34.2 Å². The number of primary amides is 1. The number of carbonyl (C=O) groups excluding carboxylic acids is 2. The molecule has 0 saturated carbocycles. The van der Waals surface area contributed by atoms with Gasteiger partial charge < -0.3 is 16.0 Å². The summed E-state index contributed by atoms with van der Waals surface area (Å²) < 4.78 is 0. The average Bonchev–Trinajstić information content (AvgIpc) is 3.30. The molecule has 4 rings (SSSR count). The Morgan fingerprint density at radius 1 is 1.14 bits per heavy atom. The highest BCUT2D eigenvalue weighted by Gasteiger charge is 2.52. The maximum atomic E-state index is 13.1. The van der Waals surface area contributed by atoms with E-state index in [4.69, 9.17) is 5.73 Å². The smallest absolute Gasteiger partial charge is 0.272 e. The molecule has 1 aromatic heterocycles. The van der Waals surface area contributed by atoms with E-state index in [-0.39, 0.29) is 18.2 Å². The predicted octanol–water partition coefficient (Wildman–Crippen LogP) is 1.50. The molecule has 1 atom stereocenters. The SMILES string of the molecule is Cc1cccc(NC(=O)C2=NCNC2(C(N)=O)c2nc3ccccc3[nH]2)c1C. The maximum Gasteiger partial charge on any atom is 0.272 e. The van der Waals surface area contributed by atoms with Gasteiger partial charge >= 0.3 is 0 Å². The average molecular weight is 376 g/mol. The van der Waals surface area contributed by atoms with Crippen molar-refractivity contribution in [3.05, 3.63) is 59.4 Å². The van der Waals surface area contributed by atoms with Crippen molar-refractivity contribution in [2.75, 3.05) is 12.0 Å². The van der Waals surface area contributed by atoms with Crippen LogP contribution >= 0.6 is 0 Å². The van der Waals surface area contributed by atoms with Crippen molar-refractivity contribution in [3.8, 4) is 0 Å². The third-order valence-electron chi connectivity index (χ3n) is 5.12. The Bertz CT molecular complexity index is 1100. The van der Waals surface area contributed by atoms with Crippen LogP contribution in [0, 0.1) is 13.8 Å². The van der Waals surface area contributed by atoms with Crippen LogP contribution in [0.5, 0.6) is 0 Å². The molecule has 28 heavy (non-hydrogen) atoms.